The van der Waals surface area contributed by atoms with Gasteiger partial charge in [-0.25, -0.2) is 4.98 Å². The van der Waals surface area contributed by atoms with Gasteiger partial charge in [-0.15, -0.1) is 22.7 Å². The Labute approximate surface area is 124 Å². The Morgan fingerprint density at radius 2 is 2.45 bits per heavy atom. The zero-order valence-corrected chi connectivity index (χ0v) is 12.4. The van der Waals surface area contributed by atoms with Crippen molar-refractivity contribution in [3.63, 3.8) is 0 Å². The fourth-order valence-corrected chi connectivity index (χ4v) is 3.67. The third-order valence-electron chi connectivity index (χ3n) is 3.14. The Bertz CT molecular complexity index is 582. The molecule has 2 aromatic heterocycles. The molecule has 3 heterocycles. The molecule has 5 nitrogen and oxygen atoms in total. The standard InChI is InChI=1S/C13H15N3O2S2/c17-9-3-4-16(6-9)7-12(18)15-13-14-10(8-20-13)11-2-1-5-19-11/h1-2,5,8-9,17H,3-4,6-7H2,(H,14,15,18). The van der Waals surface area contributed by atoms with Crippen LogP contribution in [0, 0.1) is 0 Å². The molecule has 1 aliphatic rings. The highest BCUT2D eigenvalue weighted by Gasteiger charge is 2.22. The van der Waals surface area contributed by atoms with Gasteiger partial charge in [0, 0.05) is 18.5 Å². The van der Waals surface area contributed by atoms with E-state index in [1.54, 1.807) is 11.3 Å². The fraction of sp³-hybridized carbons (Fsp3) is 0.385. The topological polar surface area (TPSA) is 65.5 Å². The van der Waals surface area contributed by atoms with Gasteiger partial charge in [0.1, 0.15) is 0 Å². The van der Waals surface area contributed by atoms with Crippen LogP contribution in [0.4, 0.5) is 5.13 Å². The van der Waals surface area contributed by atoms with E-state index in [1.165, 1.54) is 11.3 Å². The molecular weight excluding hydrogens is 294 g/mol. The molecule has 1 fully saturated rings. The maximum absolute atomic E-state index is 11.9. The fourth-order valence-electron chi connectivity index (χ4n) is 2.19. The number of thiazole rings is 1. The SMILES string of the molecule is O=C(CN1CCC(O)C1)Nc1nc(-c2cccs2)cs1. The molecule has 1 aliphatic heterocycles. The van der Waals surface area contributed by atoms with Crippen molar-refractivity contribution in [2.75, 3.05) is 25.0 Å². The average Bonchev–Trinajstić information content (AvgIpc) is 3.10. The number of carbonyl (C=O) groups excluding carboxylic acids is 1. The molecule has 1 unspecified atom stereocenters. The maximum Gasteiger partial charge on any atom is 0.240 e. The van der Waals surface area contributed by atoms with Crippen molar-refractivity contribution in [3.05, 3.63) is 22.9 Å². The average molecular weight is 309 g/mol. The lowest BCUT2D eigenvalue weighted by Gasteiger charge is -2.13. The van der Waals surface area contributed by atoms with Crippen LogP contribution < -0.4 is 5.32 Å². The van der Waals surface area contributed by atoms with Crippen LogP contribution in [0.25, 0.3) is 10.6 Å². The summed E-state index contributed by atoms with van der Waals surface area (Å²) in [7, 11) is 0. The number of aromatic nitrogens is 1. The van der Waals surface area contributed by atoms with Crippen LogP contribution in [0.5, 0.6) is 0 Å². The van der Waals surface area contributed by atoms with Crippen molar-refractivity contribution in [2.24, 2.45) is 0 Å². The second kappa shape index (κ2) is 6.01. The van der Waals surface area contributed by atoms with E-state index in [1.807, 2.05) is 27.8 Å². The minimum atomic E-state index is -0.298. The molecule has 3 rings (SSSR count). The number of nitrogens with zero attached hydrogens (tertiary/aromatic N) is 2. The molecule has 1 saturated heterocycles. The van der Waals surface area contributed by atoms with Gasteiger partial charge in [0.25, 0.3) is 0 Å². The zero-order chi connectivity index (χ0) is 13.9. The Kier molecular flexibility index (Phi) is 4.11. The highest BCUT2D eigenvalue weighted by Crippen LogP contribution is 2.28. The minimum Gasteiger partial charge on any atom is -0.392 e. The number of anilines is 1. The number of aliphatic hydroxyl groups excluding tert-OH is 1. The molecule has 7 heteroatoms. The molecule has 1 atom stereocenters. The second-order valence-electron chi connectivity index (χ2n) is 4.74. The first-order valence-corrected chi connectivity index (χ1v) is 8.16. The van der Waals surface area contributed by atoms with Gasteiger partial charge < -0.3 is 10.4 Å². The summed E-state index contributed by atoms with van der Waals surface area (Å²) in [5, 5.41) is 16.8. The number of hydrogen-bond acceptors (Lipinski definition) is 6. The van der Waals surface area contributed by atoms with Crippen molar-refractivity contribution < 1.29 is 9.90 Å². The number of rotatable bonds is 4. The number of nitrogens with one attached hydrogen (secondary N) is 1. The van der Waals surface area contributed by atoms with Gasteiger partial charge in [-0.3, -0.25) is 9.69 Å². The number of hydrogen-bond donors (Lipinski definition) is 2. The highest BCUT2D eigenvalue weighted by atomic mass is 32.1. The van der Waals surface area contributed by atoms with E-state index in [9.17, 15) is 9.90 Å². The summed E-state index contributed by atoms with van der Waals surface area (Å²) in [4.78, 5) is 19.4. The van der Waals surface area contributed by atoms with Gasteiger partial charge in [0.15, 0.2) is 5.13 Å². The maximum atomic E-state index is 11.9. The van der Waals surface area contributed by atoms with E-state index < -0.39 is 0 Å². The summed E-state index contributed by atoms with van der Waals surface area (Å²) >= 11 is 3.06. The van der Waals surface area contributed by atoms with Crippen LogP contribution in [0.3, 0.4) is 0 Å². The number of aliphatic hydroxyl groups is 1. The molecular formula is C13H15N3O2S2. The van der Waals surface area contributed by atoms with E-state index in [0.717, 1.165) is 23.5 Å². The zero-order valence-electron chi connectivity index (χ0n) is 10.8. The Morgan fingerprint density at radius 1 is 1.55 bits per heavy atom. The lowest BCUT2D eigenvalue weighted by atomic mass is 10.3. The van der Waals surface area contributed by atoms with Gasteiger partial charge in [-0.05, 0) is 17.9 Å². The first-order chi connectivity index (χ1) is 9.70. The molecule has 2 N–H and O–H groups in total. The van der Waals surface area contributed by atoms with Crippen molar-refractivity contribution in [2.45, 2.75) is 12.5 Å². The van der Waals surface area contributed by atoms with E-state index in [4.69, 9.17) is 0 Å². The van der Waals surface area contributed by atoms with Crippen LogP contribution >= 0.6 is 22.7 Å². The summed E-state index contributed by atoms with van der Waals surface area (Å²) in [5.41, 5.74) is 0.900. The molecule has 0 aromatic carbocycles. The van der Waals surface area contributed by atoms with Gasteiger partial charge in [-0.2, -0.15) is 0 Å². The van der Waals surface area contributed by atoms with Crippen molar-refractivity contribution in [1.29, 1.82) is 0 Å². The lowest BCUT2D eigenvalue weighted by Crippen LogP contribution is -2.32. The van der Waals surface area contributed by atoms with Gasteiger partial charge in [0.2, 0.25) is 5.91 Å². The van der Waals surface area contributed by atoms with Crippen LogP contribution in [0.15, 0.2) is 22.9 Å². The first-order valence-electron chi connectivity index (χ1n) is 6.40. The summed E-state index contributed by atoms with van der Waals surface area (Å²) in [5.74, 6) is -0.0776. The van der Waals surface area contributed by atoms with Crippen LogP contribution in [0.2, 0.25) is 0 Å². The molecule has 1 amide bonds. The highest BCUT2D eigenvalue weighted by molar-refractivity contribution is 7.16. The molecule has 0 bridgehead atoms. The first kappa shape index (κ1) is 13.7. The molecule has 0 aliphatic carbocycles. The van der Waals surface area contributed by atoms with E-state index in [-0.39, 0.29) is 12.0 Å². The monoisotopic (exact) mass is 309 g/mol. The van der Waals surface area contributed by atoms with Crippen LogP contribution in [0.1, 0.15) is 6.42 Å². The third-order valence-corrected chi connectivity index (χ3v) is 4.79. The van der Waals surface area contributed by atoms with Crippen molar-refractivity contribution in [1.82, 2.24) is 9.88 Å². The normalized spacial score (nSPS) is 19.4. The Balaban J connectivity index is 1.56. The van der Waals surface area contributed by atoms with E-state index in [0.29, 0.717) is 18.2 Å². The summed E-state index contributed by atoms with van der Waals surface area (Å²) in [6.07, 6.45) is 0.445. The summed E-state index contributed by atoms with van der Waals surface area (Å²) in [6.45, 7) is 1.66. The van der Waals surface area contributed by atoms with Gasteiger partial charge in [0.05, 0.1) is 23.2 Å². The predicted molar refractivity (Wildman–Crippen MR) is 81.1 cm³/mol. The number of β-amino-alcohol motifs (C(OH)–C–C–N with tert-alkyl or cyclic N) is 1. The summed E-state index contributed by atoms with van der Waals surface area (Å²) in [6, 6.07) is 3.99. The lowest BCUT2D eigenvalue weighted by molar-refractivity contribution is -0.117. The second-order valence-corrected chi connectivity index (χ2v) is 6.55. The van der Waals surface area contributed by atoms with E-state index in [2.05, 4.69) is 10.3 Å². The molecule has 0 radical (unpaired) electrons. The number of thiophene rings is 1. The number of carbonyl (C=O) groups is 1. The van der Waals surface area contributed by atoms with Gasteiger partial charge in [-0.1, -0.05) is 6.07 Å². The number of amides is 1. The quantitative estimate of drug-likeness (QED) is 0.905. The molecule has 106 valence electrons. The Hall–Kier alpha value is -1.28. The predicted octanol–water partition coefficient (Wildman–Crippen LogP) is 1.88. The van der Waals surface area contributed by atoms with Gasteiger partial charge >= 0.3 is 0 Å². The smallest absolute Gasteiger partial charge is 0.240 e. The van der Waals surface area contributed by atoms with E-state index >= 15 is 0 Å². The van der Waals surface area contributed by atoms with Crippen molar-refractivity contribution in [3.8, 4) is 10.6 Å². The van der Waals surface area contributed by atoms with Crippen molar-refractivity contribution >= 4 is 33.7 Å². The third kappa shape index (κ3) is 3.24. The molecule has 20 heavy (non-hydrogen) atoms. The largest absolute Gasteiger partial charge is 0.392 e. The molecule has 0 saturated carbocycles. The Morgan fingerprint density at radius 3 is 3.15 bits per heavy atom. The molecule has 0 spiro atoms. The van der Waals surface area contributed by atoms with Crippen LogP contribution in [-0.2, 0) is 4.79 Å². The van der Waals surface area contributed by atoms with Crippen LogP contribution in [-0.4, -0.2) is 46.6 Å². The summed E-state index contributed by atoms with van der Waals surface area (Å²) < 4.78 is 0. The molecule has 2 aromatic rings. The number of likely N-dealkylation sites (tertiary alicyclic amines) is 1. The minimum absolute atomic E-state index is 0.0776.